The zero-order valence-electron chi connectivity index (χ0n) is 25.1. The van der Waals surface area contributed by atoms with Crippen molar-refractivity contribution in [2.75, 3.05) is 29.5 Å². The van der Waals surface area contributed by atoms with E-state index in [0.29, 0.717) is 30.1 Å². The van der Waals surface area contributed by atoms with Gasteiger partial charge in [-0.1, -0.05) is 84.9 Å². The Morgan fingerprint density at radius 3 is 2.16 bits per heavy atom. The van der Waals surface area contributed by atoms with E-state index in [2.05, 4.69) is 63.8 Å². The van der Waals surface area contributed by atoms with Crippen LogP contribution in [0.25, 0.3) is 17.2 Å². The van der Waals surface area contributed by atoms with Crippen LogP contribution in [0.4, 0.5) is 11.4 Å². The number of nitrogens with zero attached hydrogens (tertiary/aromatic N) is 3. The molecular formula is C38H34N3O3S+. The molecule has 0 unspecified atom stereocenters. The van der Waals surface area contributed by atoms with Crippen LogP contribution in [0.3, 0.4) is 0 Å². The minimum Gasteiger partial charge on any atom is -0.398 e. The number of aliphatic hydroxyl groups is 1. The third-order valence-corrected chi connectivity index (χ3v) is 9.43. The largest absolute Gasteiger partial charge is 0.398 e. The van der Waals surface area contributed by atoms with Crippen LogP contribution in [0.2, 0.25) is 0 Å². The highest BCUT2D eigenvalue weighted by Gasteiger charge is 2.38. The van der Waals surface area contributed by atoms with Crippen molar-refractivity contribution < 1.29 is 18.9 Å². The van der Waals surface area contributed by atoms with Crippen LogP contribution in [0.15, 0.2) is 142 Å². The van der Waals surface area contributed by atoms with Crippen molar-refractivity contribution in [1.29, 1.82) is 0 Å². The van der Waals surface area contributed by atoms with Gasteiger partial charge in [0, 0.05) is 46.5 Å². The molecule has 1 aliphatic carbocycles. The molecule has 7 heteroatoms. The number of rotatable bonds is 10. The maximum Gasteiger partial charge on any atom is 0.375 e. The highest BCUT2D eigenvalue weighted by molar-refractivity contribution is 8.02. The van der Waals surface area contributed by atoms with E-state index in [1.54, 1.807) is 11.8 Å². The van der Waals surface area contributed by atoms with Crippen LogP contribution in [-0.4, -0.2) is 30.6 Å². The van der Waals surface area contributed by atoms with Crippen molar-refractivity contribution in [3.05, 3.63) is 154 Å². The van der Waals surface area contributed by atoms with Gasteiger partial charge in [0.25, 0.3) is 5.52 Å². The van der Waals surface area contributed by atoms with E-state index < -0.39 is 0 Å². The van der Waals surface area contributed by atoms with Crippen molar-refractivity contribution in [3.8, 4) is 0 Å². The Balaban J connectivity index is 1.33. The molecule has 5 aromatic rings. The third kappa shape index (κ3) is 5.50. The summed E-state index contributed by atoms with van der Waals surface area (Å²) in [7, 11) is 0. The minimum atomic E-state index is -0.0132. The lowest BCUT2D eigenvalue weighted by atomic mass is 9.89. The number of thioether (sulfide) groups is 1. The Hall–Kier alpha value is -4.85. The van der Waals surface area contributed by atoms with Crippen LogP contribution in [0, 0.1) is 0 Å². The number of ketones is 1. The first-order valence-electron chi connectivity index (χ1n) is 15.3. The summed E-state index contributed by atoms with van der Waals surface area (Å²) in [6.07, 6.45) is 3.91. The van der Waals surface area contributed by atoms with Crippen molar-refractivity contribution in [2.24, 2.45) is 0 Å². The van der Waals surface area contributed by atoms with Crippen LogP contribution < -0.4 is 14.4 Å². The lowest BCUT2D eigenvalue weighted by Crippen LogP contribution is -2.36. The second kappa shape index (κ2) is 12.6. The number of aromatic nitrogens is 1. The number of Topliss-reactive ketones (excluding diaryl/α,β-unsaturated/α-hetero) is 1. The van der Waals surface area contributed by atoms with E-state index in [1.807, 2.05) is 78.9 Å². The number of oxazole rings is 1. The van der Waals surface area contributed by atoms with E-state index in [4.69, 9.17) is 4.42 Å². The van der Waals surface area contributed by atoms with Gasteiger partial charge in [0.1, 0.15) is 5.82 Å². The molecule has 0 amide bonds. The van der Waals surface area contributed by atoms with Crippen molar-refractivity contribution in [1.82, 2.24) is 0 Å². The van der Waals surface area contributed by atoms with E-state index in [-0.39, 0.29) is 12.4 Å². The Morgan fingerprint density at radius 2 is 1.44 bits per heavy atom. The first kappa shape index (κ1) is 28.9. The SMILES string of the molecule is CCN1/C(=C/C2=C(SCc3ccccc3)C(=C\c3oc4ccccc4[n+]3Cc3ccccc3)/C2=O)N(CCO)c2ccccc21. The van der Waals surface area contributed by atoms with Gasteiger partial charge in [-0.05, 0) is 36.8 Å². The number of carbonyl (C=O) groups is 1. The molecule has 1 aliphatic heterocycles. The predicted molar refractivity (Wildman–Crippen MR) is 182 cm³/mol. The molecule has 0 spiro atoms. The molecule has 0 bridgehead atoms. The molecule has 0 atom stereocenters. The number of β-amino-alcohol motifs (C(OH)–C–C–N with tert-alkyl or cyclic N) is 1. The van der Waals surface area contributed by atoms with Gasteiger partial charge in [-0.2, -0.15) is 4.57 Å². The van der Waals surface area contributed by atoms with Gasteiger partial charge in [0.15, 0.2) is 12.3 Å². The Bertz CT molecular complexity index is 1960. The maximum atomic E-state index is 14.1. The number of allylic oxidation sites excluding steroid dienone is 3. The number of hydrogen-bond acceptors (Lipinski definition) is 6. The highest BCUT2D eigenvalue weighted by atomic mass is 32.2. The summed E-state index contributed by atoms with van der Waals surface area (Å²) in [6.45, 7) is 3.91. The summed E-state index contributed by atoms with van der Waals surface area (Å²) in [5.41, 5.74) is 7.53. The topological polar surface area (TPSA) is 60.8 Å². The molecular weight excluding hydrogens is 579 g/mol. The van der Waals surface area contributed by atoms with E-state index >= 15 is 0 Å². The van der Waals surface area contributed by atoms with Gasteiger partial charge in [-0.15, -0.1) is 11.8 Å². The molecule has 1 N–H and O–H groups in total. The average Bonchev–Trinajstić information content (AvgIpc) is 3.58. The fourth-order valence-corrected chi connectivity index (χ4v) is 7.18. The zero-order valence-corrected chi connectivity index (χ0v) is 25.9. The summed E-state index contributed by atoms with van der Waals surface area (Å²) in [4.78, 5) is 19.3. The molecule has 0 fully saturated rings. The number of aliphatic hydroxyl groups excluding tert-OH is 1. The summed E-state index contributed by atoms with van der Waals surface area (Å²) in [5, 5.41) is 9.95. The lowest BCUT2D eigenvalue weighted by molar-refractivity contribution is -0.669. The van der Waals surface area contributed by atoms with Crippen LogP contribution in [0.5, 0.6) is 0 Å². The van der Waals surface area contributed by atoms with E-state index in [0.717, 1.165) is 51.1 Å². The van der Waals surface area contributed by atoms with Gasteiger partial charge in [0.05, 0.1) is 24.1 Å². The maximum absolute atomic E-state index is 14.1. The Labute approximate surface area is 267 Å². The molecule has 6 nitrogen and oxygen atoms in total. The molecule has 2 heterocycles. The number of carbonyl (C=O) groups excluding carboxylic acids is 1. The molecule has 1 aromatic heterocycles. The van der Waals surface area contributed by atoms with E-state index in [1.165, 1.54) is 5.56 Å². The molecule has 0 saturated heterocycles. The quantitative estimate of drug-likeness (QED) is 0.134. The number of para-hydroxylation sites is 4. The second-order valence-corrected chi connectivity index (χ2v) is 12.0. The second-order valence-electron chi connectivity index (χ2n) is 11.0. The van der Waals surface area contributed by atoms with Gasteiger partial charge in [-0.3, -0.25) is 4.79 Å². The standard InChI is InChI=1S/C38H34N3O3S/c1-2-39-31-17-9-10-18-32(31)40(21-22-42)35(39)23-29-37(43)30(38(29)45-26-28-15-7-4-8-16-28)24-36-41(25-27-13-5-3-6-14-27)33-19-11-12-20-34(33)44-36/h3-20,23-24,42H,2,21-22,25-26H2,1H3/q+1. The van der Waals surface area contributed by atoms with E-state index in [9.17, 15) is 9.90 Å². The molecule has 7 rings (SSSR count). The summed E-state index contributed by atoms with van der Waals surface area (Å²) in [5.74, 6) is 2.25. The summed E-state index contributed by atoms with van der Waals surface area (Å²) < 4.78 is 8.51. The highest BCUT2D eigenvalue weighted by Crippen LogP contribution is 2.46. The monoisotopic (exact) mass is 612 g/mol. The van der Waals surface area contributed by atoms with Gasteiger partial charge in [0.2, 0.25) is 5.58 Å². The molecule has 0 radical (unpaired) electrons. The summed E-state index contributed by atoms with van der Waals surface area (Å²) in [6, 6.07) is 36.8. The minimum absolute atomic E-state index is 0.00442. The van der Waals surface area contributed by atoms with Crippen molar-refractivity contribution in [3.63, 3.8) is 0 Å². The fourth-order valence-electron chi connectivity index (χ4n) is 6.06. The van der Waals surface area contributed by atoms with Crippen molar-refractivity contribution >= 4 is 46.1 Å². The lowest BCUT2D eigenvalue weighted by Gasteiger charge is -2.28. The number of benzene rings is 4. The van der Waals surface area contributed by atoms with Gasteiger partial charge >= 0.3 is 5.89 Å². The van der Waals surface area contributed by atoms with Crippen LogP contribution in [0.1, 0.15) is 23.9 Å². The normalized spacial score (nSPS) is 16.3. The number of fused-ring (bicyclic) bond motifs is 2. The molecule has 0 saturated carbocycles. The number of anilines is 2. The smallest absolute Gasteiger partial charge is 0.375 e. The van der Waals surface area contributed by atoms with Crippen molar-refractivity contribution in [2.45, 2.75) is 19.2 Å². The molecule has 4 aromatic carbocycles. The predicted octanol–water partition coefficient (Wildman–Crippen LogP) is 7.10. The summed E-state index contributed by atoms with van der Waals surface area (Å²) >= 11 is 1.67. The van der Waals surface area contributed by atoms with Crippen LogP contribution in [-0.2, 0) is 17.1 Å². The Kier molecular flexibility index (Phi) is 8.11. The van der Waals surface area contributed by atoms with Gasteiger partial charge < -0.3 is 19.3 Å². The third-order valence-electron chi connectivity index (χ3n) is 8.22. The van der Waals surface area contributed by atoms with Gasteiger partial charge in [-0.25, -0.2) is 0 Å². The zero-order chi connectivity index (χ0) is 30.8. The molecule has 224 valence electrons. The first-order valence-corrected chi connectivity index (χ1v) is 16.2. The molecule has 45 heavy (non-hydrogen) atoms. The number of hydrogen-bond donors (Lipinski definition) is 1. The first-order chi connectivity index (χ1) is 22.2. The van der Waals surface area contributed by atoms with Crippen LogP contribution >= 0.6 is 11.8 Å². The molecule has 2 aliphatic rings. The Morgan fingerprint density at radius 1 is 0.800 bits per heavy atom. The average molecular weight is 613 g/mol. The fraction of sp³-hybridized carbons (Fsp3) is 0.158.